The fourth-order valence-electron chi connectivity index (χ4n) is 3.85. The number of sulfonamides is 1. The zero-order valence-corrected chi connectivity index (χ0v) is 15.3. The molecule has 2 aliphatic rings. The van der Waals surface area contributed by atoms with Gasteiger partial charge >= 0.3 is 0 Å². The van der Waals surface area contributed by atoms with E-state index in [2.05, 4.69) is 4.98 Å². The molecule has 2 fully saturated rings. The van der Waals surface area contributed by atoms with E-state index in [4.69, 9.17) is 9.47 Å². The van der Waals surface area contributed by atoms with Crippen LogP contribution in [-0.4, -0.2) is 61.8 Å². The van der Waals surface area contributed by atoms with Crippen LogP contribution in [0.25, 0.3) is 0 Å². The van der Waals surface area contributed by atoms with E-state index < -0.39 is 10.0 Å². The highest BCUT2D eigenvalue weighted by Gasteiger charge is 2.45. The van der Waals surface area contributed by atoms with E-state index in [0.717, 1.165) is 25.9 Å². The lowest BCUT2D eigenvalue weighted by Crippen LogP contribution is -2.50. The normalized spacial score (nSPS) is 25.2. The largest absolute Gasteiger partial charge is 0.381 e. The molecule has 0 aromatic carbocycles. The molecule has 0 N–H and O–H groups in total. The summed E-state index contributed by atoms with van der Waals surface area (Å²) < 4.78 is 40.0. The first-order chi connectivity index (χ1) is 11.5. The van der Waals surface area contributed by atoms with Crippen LogP contribution in [0.4, 0.5) is 0 Å². The van der Waals surface area contributed by atoms with Gasteiger partial charge in [0.1, 0.15) is 0 Å². The van der Waals surface area contributed by atoms with Crippen molar-refractivity contribution in [3.05, 3.63) is 12.5 Å². The minimum Gasteiger partial charge on any atom is -0.381 e. The van der Waals surface area contributed by atoms with Crippen LogP contribution in [0.3, 0.4) is 0 Å². The lowest BCUT2D eigenvalue weighted by molar-refractivity contribution is -0.0927. The molecule has 0 saturated carbocycles. The van der Waals surface area contributed by atoms with Gasteiger partial charge in [0.05, 0.1) is 19.5 Å². The lowest BCUT2D eigenvalue weighted by Gasteiger charge is -2.48. The molecule has 136 valence electrons. The second-order valence-electron chi connectivity index (χ2n) is 6.83. The maximum Gasteiger partial charge on any atom is 0.262 e. The molecule has 2 aliphatic heterocycles. The van der Waals surface area contributed by atoms with E-state index in [1.54, 1.807) is 22.1 Å². The molecule has 0 radical (unpaired) electrons. The molecule has 1 unspecified atom stereocenters. The van der Waals surface area contributed by atoms with Gasteiger partial charge in [-0.1, -0.05) is 0 Å². The van der Waals surface area contributed by atoms with Crippen molar-refractivity contribution in [3.63, 3.8) is 0 Å². The van der Waals surface area contributed by atoms with Crippen molar-refractivity contribution >= 4 is 10.0 Å². The van der Waals surface area contributed by atoms with Crippen LogP contribution < -0.4 is 0 Å². The standard InChI is InChI=1S/C16H27N3O4S/c1-3-22-11-14-12-23-9-6-16(14)4-7-19(8-5-16)24(20,21)15-10-18(2)13-17-15/h10,13-14H,3-9,11-12H2,1-2H3. The third kappa shape index (κ3) is 3.37. The zero-order chi connectivity index (χ0) is 17.2. The van der Waals surface area contributed by atoms with Crippen molar-refractivity contribution in [2.45, 2.75) is 31.2 Å². The topological polar surface area (TPSA) is 73.7 Å². The van der Waals surface area contributed by atoms with Gasteiger partial charge in [-0.2, -0.15) is 4.31 Å². The molecule has 3 heterocycles. The van der Waals surface area contributed by atoms with Crippen LogP contribution >= 0.6 is 0 Å². The Morgan fingerprint density at radius 2 is 2.12 bits per heavy atom. The van der Waals surface area contributed by atoms with Crippen molar-refractivity contribution in [1.29, 1.82) is 0 Å². The van der Waals surface area contributed by atoms with Crippen molar-refractivity contribution in [2.24, 2.45) is 18.4 Å². The first kappa shape index (κ1) is 17.8. The highest BCUT2D eigenvalue weighted by Crippen LogP contribution is 2.45. The number of hydrogen-bond donors (Lipinski definition) is 0. The number of nitrogens with zero attached hydrogens (tertiary/aromatic N) is 3. The quantitative estimate of drug-likeness (QED) is 0.793. The molecule has 1 aromatic heterocycles. The molecule has 2 saturated heterocycles. The Morgan fingerprint density at radius 1 is 1.38 bits per heavy atom. The smallest absolute Gasteiger partial charge is 0.262 e. The van der Waals surface area contributed by atoms with Gasteiger partial charge in [0.2, 0.25) is 0 Å². The minimum absolute atomic E-state index is 0.138. The van der Waals surface area contributed by atoms with Gasteiger partial charge in [-0.25, -0.2) is 13.4 Å². The monoisotopic (exact) mass is 357 g/mol. The Labute approximate surface area is 144 Å². The summed E-state index contributed by atoms with van der Waals surface area (Å²) in [5.74, 6) is 0.353. The van der Waals surface area contributed by atoms with E-state index >= 15 is 0 Å². The van der Waals surface area contributed by atoms with Crippen LogP contribution in [0.15, 0.2) is 17.6 Å². The van der Waals surface area contributed by atoms with Gasteiger partial charge in [0.15, 0.2) is 5.03 Å². The summed E-state index contributed by atoms with van der Waals surface area (Å²) in [4.78, 5) is 4.02. The zero-order valence-electron chi connectivity index (χ0n) is 14.5. The summed E-state index contributed by atoms with van der Waals surface area (Å²) in [5, 5.41) is 0.138. The Bertz CT molecular complexity index is 650. The fraction of sp³-hybridized carbons (Fsp3) is 0.812. The van der Waals surface area contributed by atoms with Gasteiger partial charge in [-0.3, -0.25) is 0 Å². The number of aromatic nitrogens is 2. The van der Waals surface area contributed by atoms with Crippen molar-refractivity contribution in [3.8, 4) is 0 Å². The second kappa shape index (κ2) is 7.11. The minimum atomic E-state index is -3.49. The molecule has 1 aromatic rings. The van der Waals surface area contributed by atoms with E-state index in [-0.39, 0.29) is 10.4 Å². The summed E-state index contributed by atoms with van der Waals surface area (Å²) >= 11 is 0. The molecule has 7 nitrogen and oxygen atoms in total. The maximum atomic E-state index is 12.7. The molecule has 0 amide bonds. The highest BCUT2D eigenvalue weighted by molar-refractivity contribution is 7.89. The number of ether oxygens (including phenoxy) is 2. The van der Waals surface area contributed by atoms with E-state index in [9.17, 15) is 8.42 Å². The van der Waals surface area contributed by atoms with Crippen LogP contribution in [0, 0.1) is 11.3 Å². The lowest BCUT2D eigenvalue weighted by atomic mass is 9.66. The van der Waals surface area contributed by atoms with Crippen LogP contribution in [0.2, 0.25) is 0 Å². The van der Waals surface area contributed by atoms with Gasteiger partial charge in [-0.15, -0.1) is 0 Å². The summed E-state index contributed by atoms with van der Waals surface area (Å²) in [6.45, 7) is 5.96. The Morgan fingerprint density at radius 3 is 2.75 bits per heavy atom. The van der Waals surface area contributed by atoms with E-state index in [1.807, 2.05) is 6.92 Å². The van der Waals surface area contributed by atoms with E-state index in [0.29, 0.717) is 38.8 Å². The van der Waals surface area contributed by atoms with Crippen molar-refractivity contribution in [1.82, 2.24) is 13.9 Å². The number of aryl methyl sites for hydroxylation is 1. The van der Waals surface area contributed by atoms with Crippen LogP contribution in [0.5, 0.6) is 0 Å². The summed E-state index contributed by atoms with van der Waals surface area (Å²) in [6, 6.07) is 0. The summed E-state index contributed by atoms with van der Waals surface area (Å²) in [5.41, 5.74) is 0.142. The molecular formula is C16H27N3O4S. The van der Waals surface area contributed by atoms with Crippen molar-refractivity contribution < 1.29 is 17.9 Å². The van der Waals surface area contributed by atoms with Gasteiger partial charge in [-0.05, 0) is 31.6 Å². The first-order valence-corrected chi connectivity index (χ1v) is 10.1. The molecule has 1 atom stereocenters. The Kier molecular flexibility index (Phi) is 5.29. The summed E-state index contributed by atoms with van der Waals surface area (Å²) in [7, 11) is -1.72. The molecular weight excluding hydrogens is 330 g/mol. The SMILES string of the molecule is CCOCC1COCCC12CCN(S(=O)(=O)c1cn(C)cn1)CC2. The first-order valence-electron chi connectivity index (χ1n) is 8.61. The molecule has 0 bridgehead atoms. The number of piperidine rings is 1. The third-order valence-electron chi connectivity index (χ3n) is 5.46. The van der Waals surface area contributed by atoms with Gasteiger partial charge < -0.3 is 14.0 Å². The predicted octanol–water partition coefficient (Wildman–Crippen LogP) is 1.26. The Hall–Kier alpha value is -0.960. The number of rotatable bonds is 5. The predicted molar refractivity (Wildman–Crippen MR) is 89.1 cm³/mol. The van der Waals surface area contributed by atoms with E-state index in [1.165, 1.54) is 6.33 Å². The summed E-state index contributed by atoms with van der Waals surface area (Å²) in [6.07, 6.45) is 5.80. The molecule has 1 spiro atoms. The Balaban J connectivity index is 1.70. The van der Waals surface area contributed by atoms with Crippen LogP contribution in [0.1, 0.15) is 26.2 Å². The molecule has 0 aliphatic carbocycles. The van der Waals surface area contributed by atoms with Gasteiger partial charge in [0, 0.05) is 45.5 Å². The average molecular weight is 357 g/mol. The third-order valence-corrected chi connectivity index (χ3v) is 7.24. The highest BCUT2D eigenvalue weighted by atomic mass is 32.2. The molecule has 24 heavy (non-hydrogen) atoms. The molecule has 8 heteroatoms. The number of imidazole rings is 1. The molecule has 3 rings (SSSR count). The number of hydrogen-bond acceptors (Lipinski definition) is 5. The van der Waals surface area contributed by atoms with Crippen molar-refractivity contribution in [2.75, 3.05) is 39.5 Å². The maximum absolute atomic E-state index is 12.7. The average Bonchev–Trinajstić information content (AvgIpc) is 3.02. The second-order valence-corrected chi connectivity index (χ2v) is 8.71. The van der Waals surface area contributed by atoms with Gasteiger partial charge in [0.25, 0.3) is 10.0 Å². The fourth-order valence-corrected chi connectivity index (χ4v) is 5.26. The van der Waals surface area contributed by atoms with Crippen LogP contribution in [-0.2, 0) is 26.5 Å².